The predicted octanol–water partition coefficient (Wildman–Crippen LogP) is 2.56. The van der Waals surface area contributed by atoms with E-state index in [1.54, 1.807) is 24.3 Å². The van der Waals surface area contributed by atoms with Gasteiger partial charge in [-0.3, -0.25) is 9.89 Å². The molecule has 1 heterocycles. The molecule has 5 heteroatoms. The van der Waals surface area contributed by atoms with Gasteiger partial charge in [0.15, 0.2) is 0 Å². The van der Waals surface area contributed by atoms with E-state index in [4.69, 9.17) is 11.6 Å². The monoisotopic (exact) mass is 263 g/mol. The number of hydrogen-bond acceptors (Lipinski definition) is 2. The highest BCUT2D eigenvalue weighted by Crippen LogP contribution is 2.10. The average molecular weight is 264 g/mol. The topological polar surface area (TPSA) is 57.8 Å². The highest BCUT2D eigenvalue weighted by atomic mass is 35.5. The van der Waals surface area contributed by atoms with Gasteiger partial charge in [0.05, 0.1) is 17.9 Å². The molecule has 2 aromatic rings. The number of aryl methyl sites for hydroxylation is 1. The van der Waals surface area contributed by atoms with Crippen LogP contribution >= 0.6 is 11.6 Å². The molecule has 0 unspecified atom stereocenters. The molecule has 0 saturated carbocycles. The third kappa shape index (κ3) is 3.11. The molecule has 1 aromatic heterocycles. The zero-order chi connectivity index (χ0) is 13.0. The maximum atomic E-state index is 11.8. The number of aromatic nitrogens is 2. The van der Waals surface area contributed by atoms with Crippen LogP contribution in [0.4, 0.5) is 0 Å². The lowest BCUT2D eigenvalue weighted by molar-refractivity contribution is 0.0950. The highest BCUT2D eigenvalue weighted by Gasteiger charge is 2.06. The molecule has 0 bridgehead atoms. The predicted molar refractivity (Wildman–Crippen MR) is 70.6 cm³/mol. The van der Waals surface area contributed by atoms with Crippen molar-refractivity contribution in [2.45, 2.75) is 19.9 Å². The maximum absolute atomic E-state index is 11.8. The SMILES string of the molecule is CCc1cc(CNC(=O)c2cccc(Cl)c2)[nH]n1. The Hall–Kier alpha value is -1.81. The summed E-state index contributed by atoms with van der Waals surface area (Å²) in [6.45, 7) is 2.46. The van der Waals surface area contributed by atoms with Gasteiger partial charge in [0, 0.05) is 10.6 Å². The minimum Gasteiger partial charge on any atom is -0.346 e. The molecule has 0 aliphatic carbocycles. The van der Waals surface area contributed by atoms with Crippen molar-refractivity contribution in [3.05, 3.63) is 52.3 Å². The zero-order valence-corrected chi connectivity index (χ0v) is 10.8. The van der Waals surface area contributed by atoms with Crippen molar-refractivity contribution in [1.29, 1.82) is 0 Å². The number of H-pyrrole nitrogens is 1. The fourth-order valence-electron chi connectivity index (χ4n) is 1.59. The van der Waals surface area contributed by atoms with Crippen LogP contribution in [-0.2, 0) is 13.0 Å². The second kappa shape index (κ2) is 5.69. The fourth-order valence-corrected chi connectivity index (χ4v) is 1.78. The van der Waals surface area contributed by atoms with Crippen LogP contribution in [0.25, 0.3) is 0 Å². The standard InChI is InChI=1S/C13H14ClN3O/c1-2-11-7-12(17-16-11)8-15-13(18)9-4-3-5-10(14)6-9/h3-7H,2,8H2,1H3,(H,15,18)(H,16,17). The number of rotatable bonds is 4. The lowest BCUT2D eigenvalue weighted by Crippen LogP contribution is -2.22. The van der Waals surface area contributed by atoms with Gasteiger partial charge in [-0.25, -0.2) is 0 Å². The fraction of sp³-hybridized carbons (Fsp3) is 0.231. The van der Waals surface area contributed by atoms with Gasteiger partial charge < -0.3 is 5.32 Å². The van der Waals surface area contributed by atoms with Crippen molar-refractivity contribution in [2.75, 3.05) is 0 Å². The minimum absolute atomic E-state index is 0.148. The quantitative estimate of drug-likeness (QED) is 0.891. The number of halogens is 1. The molecule has 1 aromatic carbocycles. The second-order valence-corrected chi connectivity index (χ2v) is 4.37. The molecule has 18 heavy (non-hydrogen) atoms. The van der Waals surface area contributed by atoms with Gasteiger partial charge in [0.1, 0.15) is 0 Å². The van der Waals surface area contributed by atoms with E-state index in [1.807, 2.05) is 13.0 Å². The molecule has 0 fully saturated rings. The summed E-state index contributed by atoms with van der Waals surface area (Å²) in [4.78, 5) is 11.8. The van der Waals surface area contributed by atoms with Gasteiger partial charge in [-0.2, -0.15) is 5.10 Å². The summed E-state index contributed by atoms with van der Waals surface area (Å²) >= 11 is 5.83. The summed E-state index contributed by atoms with van der Waals surface area (Å²) in [7, 11) is 0. The summed E-state index contributed by atoms with van der Waals surface area (Å²) in [6.07, 6.45) is 0.874. The zero-order valence-electron chi connectivity index (χ0n) is 10.0. The Morgan fingerprint density at radius 2 is 2.28 bits per heavy atom. The van der Waals surface area contributed by atoms with E-state index in [9.17, 15) is 4.79 Å². The van der Waals surface area contributed by atoms with Crippen molar-refractivity contribution in [3.63, 3.8) is 0 Å². The number of amides is 1. The molecule has 1 amide bonds. The van der Waals surface area contributed by atoms with Crippen LogP contribution in [0.15, 0.2) is 30.3 Å². The van der Waals surface area contributed by atoms with Crippen LogP contribution in [-0.4, -0.2) is 16.1 Å². The van der Waals surface area contributed by atoms with Gasteiger partial charge >= 0.3 is 0 Å². The molecular weight excluding hydrogens is 250 g/mol. The lowest BCUT2D eigenvalue weighted by atomic mass is 10.2. The second-order valence-electron chi connectivity index (χ2n) is 3.93. The first kappa shape index (κ1) is 12.6. The van der Waals surface area contributed by atoms with E-state index in [0.717, 1.165) is 17.8 Å². The van der Waals surface area contributed by atoms with Crippen LogP contribution in [0.2, 0.25) is 5.02 Å². The summed E-state index contributed by atoms with van der Waals surface area (Å²) in [6, 6.07) is 8.80. The first-order valence-corrected chi connectivity index (χ1v) is 6.13. The third-order valence-electron chi connectivity index (χ3n) is 2.57. The normalized spacial score (nSPS) is 10.3. The van der Waals surface area contributed by atoms with E-state index in [0.29, 0.717) is 17.1 Å². The molecule has 0 radical (unpaired) electrons. The minimum atomic E-state index is -0.148. The van der Waals surface area contributed by atoms with Gasteiger partial charge in [-0.15, -0.1) is 0 Å². The van der Waals surface area contributed by atoms with Gasteiger partial charge in [-0.05, 0) is 30.7 Å². The number of nitrogens with one attached hydrogen (secondary N) is 2. The van der Waals surface area contributed by atoms with Crippen LogP contribution in [0.1, 0.15) is 28.7 Å². The Morgan fingerprint density at radius 3 is 2.94 bits per heavy atom. The number of benzene rings is 1. The van der Waals surface area contributed by atoms with Crippen molar-refractivity contribution in [1.82, 2.24) is 15.5 Å². The molecule has 4 nitrogen and oxygen atoms in total. The first-order chi connectivity index (χ1) is 8.69. The van der Waals surface area contributed by atoms with Crippen LogP contribution < -0.4 is 5.32 Å². The number of nitrogens with zero attached hydrogens (tertiary/aromatic N) is 1. The highest BCUT2D eigenvalue weighted by molar-refractivity contribution is 6.30. The number of aromatic amines is 1. The van der Waals surface area contributed by atoms with E-state index >= 15 is 0 Å². The first-order valence-electron chi connectivity index (χ1n) is 5.76. The smallest absolute Gasteiger partial charge is 0.251 e. The Labute approximate surface area is 110 Å². The van der Waals surface area contributed by atoms with E-state index in [1.165, 1.54) is 0 Å². The molecule has 94 valence electrons. The van der Waals surface area contributed by atoms with Crippen molar-refractivity contribution in [2.24, 2.45) is 0 Å². The Bertz CT molecular complexity index is 551. The molecule has 0 aliphatic heterocycles. The van der Waals surface area contributed by atoms with E-state index < -0.39 is 0 Å². The Balaban J connectivity index is 1.96. The number of hydrogen-bond donors (Lipinski definition) is 2. The maximum Gasteiger partial charge on any atom is 0.251 e. The van der Waals surface area contributed by atoms with Crippen LogP contribution in [0.3, 0.4) is 0 Å². The number of carbonyl (C=O) groups is 1. The lowest BCUT2D eigenvalue weighted by Gasteiger charge is -2.03. The molecule has 0 spiro atoms. The van der Waals surface area contributed by atoms with Gasteiger partial charge in [-0.1, -0.05) is 24.6 Å². The summed E-state index contributed by atoms with van der Waals surface area (Å²) in [5.41, 5.74) is 2.43. The summed E-state index contributed by atoms with van der Waals surface area (Å²) < 4.78 is 0. The van der Waals surface area contributed by atoms with Gasteiger partial charge in [0.2, 0.25) is 0 Å². The Kier molecular flexibility index (Phi) is 3.99. The Morgan fingerprint density at radius 1 is 1.44 bits per heavy atom. The largest absolute Gasteiger partial charge is 0.346 e. The molecule has 2 rings (SSSR count). The van der Waals surface area contributed by atoms with Crippen molar-refractivity contribution < 1.29 is 4.79 Å². The third-order valence-corrected chi connectivity index (χ3v) is 2.81. The molecular formula is C13H14ClN3O. The summed E-state index contributed by atoms with van der Waals surface area (Å²) in [5, 5.41) is 10.4. The molecule has 0 atom stereocenters. The molecule has 0 saturated heterocycles. The average Bonchev–Trinajstić information content (AvgIpc) is 2.84. The molecule has 0 aliphatic rings. The van der Waals surface area contributed by atoms with Gasteiger partial charge in [0.25, 0.3) is 5.91 Å². The molecule has 2 N–H and O–H groups in total. The van der Waals surface area contributed by atoms with Crippen LogP contribution in [0.5, 0.6) is 0 Å². The van der Waals surface area contributed by atoms with Crippen molar-refractivity contribution >= 4 is 17.5 Å². The van der Waals surface area contributed by atoms with E-state index in [-0.39, 0.29) is 5.91 Å². The van der Waals surface area contributed by atoms with Crippen molar-refractivity contribution in [3.8, 4) is 0 Å². The van der Waals surface area contributed by atoms with Crippen LogP contribution in [0, 0.1) is 0 Å². The number of carbonyl (C=O) groups excluding carboxylic acids is 1. The van der Waals surface area contributed by atoms with E-state index in [2.05, 4.69) is 15.5 Å². The summed E-state index contributed by atoms with van der Waals surface area (Å²) in [5.74, 6) is -0.148.